The van der Waals surface area contributed by atoms with E-state index in [4.69, 9.17) is 5.41 Å². The Labute approximate surface area is 60.9 Å². The molecule has 1 N–H and O–H groups in total. The van der Waals surface area contributed by atoms with Crippen molar-refractivity contribution in [2.45, 2.75) is 33.1 Å². The lowest BCUT2D eigenvalue weighted by Gasteiger charge is -2.00. The molecule has 3 nitrogen and oxygen atoms in total. The van der Waals surface area contributed by atoms with Gasteiger partial charge in [0.15, 0.2) is 5.90 Å². The van der Waals surface area contributed by atoms with Crippen LogP contribution in [0.15, 0.2) is 0 Å². The van der Waals surface area contributed by atoms with Crippen molar-refractivity contribution in [3.63, 3.8) is 0 Å². The smallest absolute Gasteiger partial charge is 0.312 e. The van der Waals surface area contributed by atoms with Gasteiger partial charge in [-0.2, -0.15) is 0 Å². The zero-order valence-corrected chi connectivity index (χ0v) is 6.44. The summed E-state index contributed by atoms with van der Waals surface area (Å²) >= 11 is 0. The first-order valence-corrected chi connectivity index (χ1v) is 3.48. The van der Waals surface area contributed by atoms with E-state index in [2.05, 4.69) is 4.74 Å². The van der Waals surface area contributed by atoms with Crippen molar-refractivity contribution in [1.29, 1.82) is 5.41 Å². The van der Waals surface area contributed by atoms with E-state index in [-0.39, 0.29) is 11.9 Å². The van der Waals surface area contributed by atoms with Crippen LogP contribution in [0.4, 0.5) is 0 Å². The van der Waals surface area contributed by atoms with Gasteiger partial charge in [-0.15, -0.1) is 0 Å². The number of carbonyl (C=O) groups is 1. The second-order valence-electron chi connectivity index (χ2n) is 2.00. The Hall–Kier alpha value is -0.860. The van der Waals surface area contributed by atoms with E-state index in [0.717, 1.165) is 6.42 Å². The molecule has 0 atom stereocenters. The summed E-state index contributed by atoms with van der Waals surface area (Å²) in [6.07, 6.45) is 1.66. The molecular weight excluding hydrogens is 130 g/mol. The highest BCUT2D eigenvalue weighted by atomic mass is 16.5. The van der Waals surface area contributed by atoms with Crippen LogP contribution in [-0.4, -0.2) is 11.9 Å². The lowest BCUT2D eigenvalue weighted by molar-refractivity contribution is -0.135. The Bertz CT molecular complexity index is 132. The maximum atomic E-state index is 10.6. The van der Waals surface area contributed by atoms with Crippen LogP contribution < -0.4 is 0 Å². The Morgan fingerprint density at radius 1 is 1.50 bits per heavy atom. The molecule has 0 saturated carbocycles. The van der Waals surface area contributed by atoms with Gasteiger partial charge in [0.1, 0.15) is 0 Å². The number of hydrogen-bond acceptors (Lipinski definition) is 3. The van der Waals surface area contributed by atoms with Crippen molar-refractivity contribution in [1.82, 2.24) is 0 Å². The molecule has 58 valence electrons. The number of carbonyl (C=O) groups excluding carboxylic acids is 1. The number of nitrogens with one attached hydrogen (secondary N) is 1. The van der Waals surface area contributed by atoms with Crippen LogP contribution in [-0.2, 0) is 9.53 Å². The van der Waals surface area contributed by atoms with Gasteiger partial charge in [-0.3, -0.25) is 10.2 Å². The molecule has 0 saturated heterocycles. The minimum Gasteiger partial charge on any atom is -0.412 e. The molecule has 0 fully saturated rings. The van der Waals surface area contributed by atoms with E-state index in [9.17, 15) is 4.79 Å². The van der Waals surface area contributed by atoms with Crippen molar-refractivity contribution in [3.05, 3.63) is 0 Å². The van der Waals surface area contributed by atoms with Gasteiger partial charge in [-0.1, -0.05) is 13.8 Å². The molecule has 0 aromatic heterocycles. The van der Waals surface area contributed by atoms with Gasteiger partial charge < -0.3 is 4.74 Å². The average Bonchev–Trinajstić information content (AvgIpc) is 1.88. The summed E-state index contributed by atoms with van der Waals surface area (Å²) in [4.78, 5) is 10.6. The van der Waals surface area contributed by atoms with Gasteiger partial charge in [-0.05, 0) is 6.42 Å². The Morgan fingerprint density at radius 3 is 2.50 bits per heavy atom. The van der Waals surface area contributed by atoms with Crippen LogP contribution in [0, 0.1) is 5.41 Å². The maximum absolute atomic E-state index is 10.6. The van der Waals surface area contributed by atoms with E-state index in [1.54, 1.807) is 6.92 Å². The summed E-state index contributed by atoms with van der Waals surface area (Å²) < 4.78 is 4.58. The summed E-state index contributed by atoms with van der Waals surface area (Å²) in [6, 6.07) is 0. The fourth-order valence-electron chi connectivity index (χ4n) is 0.465. The summed E-state index contributed by atoms with van der Waals surface area (Å²) in [6.45, 7) is 3.68. The number of esters is 1. The van der Waals surface area contributed by atoms with Crippen molar-refractivity contribution < 1.29 is 9.53 Å². The molecule has 0 heterocycles. The highest BCUT2D eigenvalue weighted by molar-refractivity contribution is 5.86. The molecule has 3 heteroatoms. The molecule has 0 spiro atoms. The first kappa shape index (κ1) is 9.14. The molecule has 0 aliphatic rings. The predicted molar refractivity (Wildman–Crippen MR) is 39.0 cm³/mol. The maximum Gasteiger partial charge on any atom is 0.312 e. The molecule has 0 radical (unpaired) electrons. The average molecular weight is 143 g/mol. The number of ether oxygens (including phenoxy) is 1. The second kappa shape index (κ2) is 4.97. The standard InChI is InChI=1S/C7H13NO2/c1-3-5-7(9)10-6(8)4-2/h8H,3-5H2,1-2H3. The zero-order chi connectivity index (χ0) is 7.98. The van der Waals surface area contributed by atoms with Crippen molar-refractivity contribution in [2.24, 2.45) is 0 Å². The summed E-state index contributed by atoms with van der Waals surface area (Å²) in [7, 11) is 0. The molecule has 0 aromatic rings. The fraction of sp³-hybridized carbons (Fsp3) is 0.714. The summed E-state index contributed by atoms with van der Waals surface area (Å²) in [5, 5.41) is 7.00. The van der Waals surface area contributed by atoms with Crippen LogP contribution in [0.25, 0.3) is 0 Å². The lowest BCUT2D eigenvalue weighted by atomic mass is 10.3. The molecular formula is C7H13NO2. The normalized spacial score (nSPS) is 9.00. The van der Waals surface area contributed by atoms with E-state index in [1.807, 2.05) is 6.92 Å². The Kier molecular flexibility index (Phi) is 4.54. The third-order valence-electron chi connectivity index (χ3n) is 1.01. The SMILES string of the molecule is CCCC(=O)OC(=N)CC. The fourth-order valence-corrected chi connectivity index (χ4v) is 0.465. The minimum atomic E-state index is -0.297. The molecule has 0 aromatic carbocycles. The quantitative estimate of drug-likeness (QED) is 0.371. The summed E-state index contributed by atoms with van der Waals surface area (Å²) in [5.41, 5.74) is 0. The summed E-state index contributed by atoms with van der Waals surface area (Å²) in [5.74, 6) is -0.243. The molecule has 0 aliphatic heterocycles. The van der Waals surface area contributed by atoms with E-state index >= 15 is 0 Å². The third-order valence-corrected chi connectivity index (χ3v) is 1.01. The van der Waals surface area contributed by atoms with Gasteiger partial charge in [0, 0.05) is 12.8 Å². The van der Waals surface area contributed by atoms with Gasteiger partial charge in [-0.25, -0.2) is 0 Å². The van der Waals surface area contributed by atoms with Crippen LogP contribution in [0.3, 0.4) is 0 Å². The van der Waals surface area contributed by atoms with Crippen LogP contribution >= 0.6 is 0 Å². The van der Waals surface area contributed by atoms with Crippen LogP contribution in [0.5, 0.6) is 0 Å². The predicted octanol–water partition coefficient (Wildman–Crippen LogP) is 1.72. The molecule has 10 heavy (non-hydrogen) atoms. The third kappa shape index (κ3) is 4.06. The highest BCUT2D eigenvalue weighted by Gasteiger charge is 2.02. The van der Waals surface area contributed by atoms with Crippen molar-refractivity contribution in [3.8, 4) is 0 Å². The zero-order valence-electron chi connectivity index (χ0n) is 6.44. The lowest BCUT2D eigenvalue weighted by Crippen LogP contribution is -2.09. The van der Waals surface area contributed by atoms with Gasteiger partial charge in [0.05, 0.1) is 0 Å². The molecule has 0 unspecified atom stereocenters. The van der Waals surface area contributed by atoms with Gasteiger partial charge in [0.2, 0.25) is 0 Å². The Balaban J connectivity index is 3.47. The van der Waals surface area contributed by atoms with Crippen molar-refractivity contribution >= 4 is 11.9 Å². The molecule has 0 bridgehead atoms. The number of rotatable bonds is 3. The largest absolute Gasteiger partial charge is 0.412 e. The van der Waals surface area contributed by atoms with Crippen molar-refractivity contribution in [2.75, 3.05) is 0 Å². The Morgan fingerprint density at radius 2 is 2.10 bits per heavy atom. The first-order valence-electron chi connectivity index (χ1n) is 3.48. The number of hydrogen-bond donors (Lipinski definition) is 1. The van der Waals surface area contributed by atoms with E-state index < -0.39 is 0 Å². The topological polar surface area (TPSA) is 50.2 Å². The molecule has 0 amide bonds. The second-order valence-corrected chi connectivity index (χ2v) is 2.00. The van der Waals surface area contributed by atoms with Crippen LogP contribution in [0.1, 0.15) is 33.1 Å². The molecule has 0 aliphatic carbocycles. The monoisotopic (exact) mass is 143 g/mol. The first-order chi connectivity index (χ1) is 4.70. The highest BCUT2D eigenvalue weighted by Crippen LogP contribution is 1.93. The van der Waals surface area contributed by atoms with Gasteiger partial charge >= 0.3 is 5.97 Å². The molecule has 0 rings (SSSR count). The minimum absolute atomic E-state index is 0.0541. The van der Waals surface area contributed by atoms with Gasteiger partial charge in [0.25, 0.3) is 0 Å². The van der Waals surface area contributed by atoms with Crippen LogP contribution in [0.2, 0.25) is 0 Å². The van der Waals surface area contributed by atoms with E-state index in [1.165, 1.54) is 0 Å². The van der Waals surface area contributed by atoms with E-state index in [0.29, 0.717) is 12.8 Å².